The van der Waals surface area contributed by atoms with Crippen LogP contribution in [-0.4, -0.2) is 86.6 Å². The Balaban J connectivity index is 1.35. The molecule has 1 amide bonds. The van der Waals surface area contributed by atoms with Gasteiger partial charge in [0, 0.05) is 37.8 Å². The number of alkyl halides is 2. The number of nitrogens with one attached hydrogen (secondary N) is 2. The standard InChI is InChI=1S/C26H28ClF2N7O5/c1-34-18-5-4-14(8-16(18)19-20(23(34)38)41-12-26(28,29)21(32-19)13-2-3-13)31-22-17(27)9-30-24(33-22)36-7-6-35(25(39)40)10-15(36)11-37/h4-5,8-9,13,15,21,32,37H,2-3,6-7,10-12H2,1H3,(H,39,40)(H,30,31,33)/t15?,21-/m0/s1. The minimum absolute atomic E-state index is 0.0883. The first kappa shape index (κ1) is 27.3. The number of benzene rings is 1. The van der Waals surface area contributed by atoms with E-state index in [9.17, 15) is 28.6 Å². The average Bonchev–Trinajstić information content (AvgIpc) is 3.80. The van der Waals surface area contributed by atoms with E-state index in [1.807, 2.05) is 0 Å². The fourth-order valence-corrected chi connectivity index (χ4v) is 5.59. The first-order valence-corrected chi connectivity index (χ1v) is 13.5. The van der Waals surface area contributed by atoms with Crippen molar-refractivity contribution in [2.75, 3.05) is 48.4 Å². The number of carboxylic acid groups (broad SMARTS) is 1. The maximum atomic E-state index is 14.9. The maximum absolute atomic E-state index is 14.9. The number of nitrogens with zero attached hydrogens (tertiary/aromatic N) is 5. The van der Waals surface area contributed by atoms with E-state index in [4.69, 9.17) is 16.3 Å². The third-order valence-corrected chi connectivity index (χ3v) is 8.10. The van der Waals surface area contributed by atoms with Crippen molar-refractivity contribution in [3.05, 3.63) is 39.8 Å². The number of ether oxygens (including phenoxy) is 1. The highest BCUT2D eigenvalue weighted by atomic mass is 35.5. The molecule has 1 unspecified atom stereocenters. The van der Waals surface area contributed by atoms with Gasteiger partial charge in [0.15, 0.2) is 12.4 Å². The first-order valence-electron chi connectivity index (χ1n) is 13.2. The monoisotopic (exact) mass is 591 g/mol. The smallest absolute Gasteiger partial charge is 0.407 e. The van der Waals surface area contributed by atoms with Crippen LogP contribution < -0.4 is 25.8 Å². The van der Waals surface area contributed by atoms with Gasteiger partial charge in [0.2, 0.25) is 11.7 Å². The highest BCUT2D eigenvalue weighted by Crippen LogP contribution is 2.45. The van der Waals surface area contributed by atoms with Crippen molar-refractivity contribution in [2.45, 2.75) is 30.8 Å². The number of fused-ring (bicyclic) bond motifs is 3. The summed E-state index contributed by atoms with van der Waals surface area (Å²) in [5, 5.41) is 26.0. The van der Waals surface area contributed by atoms with Gasteiger partial charge in [-0.15, -0.1) is 0 Å². The molecule has 2 aliphatic heterocycles. The zero-order valence-corrected chi connectivity index (χ0v) is 22.7. The lowest BCUT2D eigenvalue weighted by Gasteiger charge is -2.39. The Kier molecular flexibility index (Phi) is 6.77. The Morgan fingerprint density at radius 3 is 2.80 bits per heavy atom. The summed E-state index contributed by atoms with van der Waals surface area (Å²) >= 11 is 6.41. The van der Waals surface area contributed by atoms with Crippen molar-refractivity contribution in [2.24, 2.45) is 13.0 Å². The summed E-state index contributed by atoms with van der Waals surface area (Å²) in [6.07, 6.45) is 1.68. The van der Waals surface area contributed by atoms with Crippen LogP contribution in [0.3, 0.4) is 0 Å². The predicted molar refractivity (Wildman–Crippen MR) is 148 cm³/mol. The number of rotatable bonds is 5. The summed E-state index contributed by atoms with van der Waals surface area (Å²) in [5.41, 5.74) is 0.738. The second-order valence-corrected chi connectivity index (χ2v) is 11.0. The van der Waals surface area contributed by atoms with Gasteiger partial charge in [-0.2, -0.15) is 4.98 Å². The van der Waals surface area contributed by atoms with Crippen LogP contribution in [-0.2, 0) is 7.05 Å². The molecule has 3 aromatic rings. The number of halogens is 3. The van der Waals surface area contributed by atoms with E-state index in [1.165, 1.54) is 15.7 Å². The van der Waals surface area contributed by atoms with Crippen molar-refractivity contribution < 1.29 is 28.5 Å². The number of carbonyl (C=O) groups is 1. The van der Waals surface area contributed by atoms with Crippen LogP contribution in [0.15, 0.2) is 29.2 Å². The summed E-state index contributed by atoms with van der Waals surface area (Å²) in [6, 6.07) is 3.40. The fourth-order valence-electron chi connectivity index (χ4n) is 5.46. The zero-order chi connectivity index (χ0) is 29.1. The van der Waals surface area contributed by atoms with Gasteiger partial charge in [0.1, 0.15) is 5.02 Å². The summed E-state index contributed by atoms with van der Waals surface area (Å²) in [4.78, 5) is 36.2. The number of aliphatic hydroxyl groups excluding tert-OH is 1. The predicted octanol–water partition coefficient (Wildman–Crippen LogP) is 3.10. The highest BCUT2D eigenvalue weighted by molar-refractivity contribution is 6.33. The number of pyridine rings is 1. The number of hydrogen-bond acceptors (Lipinski definition) is 9. The minimum Gasteiger partial charge on any atom is -0.480 e. The molecule has 2 aromatic heterocycles. The van der Waals surface area contributed by atoms with Gasteiger partial charge in [0.25, 0.3) is 5.56 Å². The molecule has 4 heterocycles. The molecule has 2 atom stereocenters. The van der Waals surface area contributed by atoms with E-state index in [0.29, 0.717) is 29.4 Å². The number of amides is 1. The first-order chi connectivity index (χ1) is 19.6. The van der Waals surface area contributed by atoms with Gasteiger partial charge in [-0.25, -0.2) is 18.6 Å². The van der Waals surface area contributed by atoms with Crippen molar-refractivity contribution in [1.29, 1.82) is 0 Å². The molecule has 12 nitrogen and oxygen atoms in total. The Morgan fingerprint density at radius 2 is 2.10 bits per heavy atom. The maximum Gasteiger partial charge on any atom is 0.407 e. The summed E-state index contributed by atoms with van der Waals surface area (Å²) < 4.78 is 36.7. The molecule has 2 fully saturated rings. The van der Waals surface area contributed by atoms with Gasteiger partial charge in [0.05, 0.1) is 36.1 Å². The molecule has 15 heteroatoms. The van der Waals surface area contributed by atoms with Gasteiger partial charge in [-0.05, 0) is 37.0 Å². The average molecular weight is 592 g/mol. The fraction of sp³-hybridized carbons (Fsp3) is 0.462. The van der Waals surface area contributed by atoms with Gasteiger partial charge in [-0.1, -0.05) is 11.6 Å². The molecular weight excluding hydrogens is 564 g/mol. The number of hydrogen-bond donors (Lipinski definition) is 4. The number of piperazine rings is 1. The van der Waals surface area contributed by atoms with Crippen molar-refractivity contribution in [1.82, 2.24) is 19.4 Å². The normalized spacial score (nSPS) is 22.0. The van der Waals surface area contributed by atoms with E-state index >= 15 is 0 Å². The zero-order valence-electron chi connectivity index (χ0n) is 22.0. The summed E-state index contributed by atoms with van der Waals surface area (Å²) in [6.45, 7) is -0.617. The van der Waals surface area contributed by atoms with Crippen LogP contribution in [0.1, 0.15) is 12.8 Å². The van der Waals surface area contributed by atoms with Gasteiger partial charge >= 0.3 is 12.0 Å². The van der Waals surface area contributed by atoms with Crippen molar-refractivity contribution in [3.8, 4) is 5.75 Å². The number of anilines is 4. The molecule has 3 aliphatic rings. The molecule has 0 radical (unpaired) electrons. The van der Waals surface area contributed by atoms with Crippen molar-refractivity contribution >= 4 is 51.7 Å². The topological polar surface area (TPSA) is 145 Å². The molecule has 0 bridgehead atoms. The third-order valence-electron chi connectivity index (χ3n) is 7.83. The Morgan fingerprint density at radius 1 is 1.32 bits per heavy atom. The highest BCUT2D eigenvalue weighted by Gasteiger charge is 2.51. The minimum atomic E-state index is -3.15. The third kappa shape index (κ3) is 4.95. The number of aliphatic hydroxyl groups is 1. The molecule has 1 saturated carbocycles. The number of aromatic nitrogens is 3. The van der Waals surface area contributed by atoms with Crippen LogP contribution in [0.5, 0.6) is 5.75 Å². The lowest BCUT2D eigenvalue weighted by Crippen LogP contribution is -2.56. The van der Waals surface area contributed by atoms with Gasteiger partial charge in [-0.3, -0.25) is 4.79 Å². The SMILES string of the molecule is Cn1c(=O)c2c(c3cc(Nc4nc(N5CCN(C(=O)O)CC5CO)ncc4Cl)ccc31)N[C@@H](C1CC1)C(F)(F)CO2. The van der Waals surface area contributed by atoms with Crippen molar-refractivity contribution in [3.63, 3.8) is 0 Å². The van der Waals surface area contributed by atoms with Crippen LogP contribution >= 0.6 is 11.6 Å². The van der Waals surface area contributed by atoms with E-state index in [1.54, 1.807) is 30.1 Å². The lowest BCUT2D eigenvalue weighted by molar-refractivity contribution is -0.0579. The Labute approximate surface area is 237 Å². The largest absolute Gasteiger partial charge is 0.480 e. The van der Waals surface area contributed by atoms with Crippen LogP contribution in [0, 0.1) is 5.92 Å². The lowest BCUT2D eigenvalue weighted by atomic mass is 10.0. The second kappa shape index (κ2) is 10.2. The Hall–Kier alpha value is -3.91. The molecule has 218 valence electrons. The quantitative estimate of drug-likeness (QED) is 0.349. The van der Waals surface area contributed by atoms with E-state index in [0.717, 1.165) is 0 Å². The molecule has 4 N–H and O–H groups in total. The molecule has 1 aliphatic carbocycles. The molecule has 6 rings (SSSR count). The molecule has 41 heavy (non-hydrogen) atoms. The van der Waals surface area contributed by atoms with Crippen LogP contribution in [0.4, 0.5) is 36.7 Å². The second-order valence-electron chi connectivity index (χ2n) is 10.6. The Bertz CT molecular complexity index is 1580. The van der Waals surface area contributed by atoms with Gasteiger partial charge < -0.3 is 40.0 Å². The molecular formula is C26H28ClF2N7O5. The van der Waals surface area contributed by atoms with E-state index in [2.05, 4.69) is 20.6 Å². The number of aryl methyl sites for hydroxylation is 1. The molecule has 1 saturated heterocycles. The molecule has 0 spiro atoms. The molecule has 1 aromatic carbocycles. The van der Waals surface area contributed by atoms with E-state index in [-0.39, 0.29) is 60.4 Å². The summed E-state index contributed by atoms with van der Waals surface area (Å²) in [5.74, 6) is -3.02. The van der Waals surface area contributed by atoms with Crippen LogP contribution in [0.25, 0.3) is 10.9 Å². The van der Waals surface area contributed by atoms with E-state index < -0.39 is 36.3 Å². The summed E-state index contributed by atoms with van der Waals surface area (Å²) in [7, 11) is 1.55. The van der Waals surface area contributed by atoms with Crippen LogP contribution in [0.2, 0.25) is 5.02 Å².